The molecule has 20 heavy (non-hydrogen) atoms. The SMILES string of the molecule is CC1(Cn2ccn3nc(C(F)(F)F)cc3c2=O)COC1. The van der Waals surface area contributed by atoms with Gasteiger partial charge >= 0.3 is 6.18 Å². The Hall–Kier alpha value is -1.83. The van der Waals surface area contributed by atoms with Crippen LogP contribution in [0, 0.1) is 5.41 Å². The molecule has 0 saturated carbocycles. The molecule has 8 heteroatoms. The first-order chi connectivity index (χ1) is 9.28. The summed E-state index contributed by atoms with van der Waals surface area (Å²) in [5.74, 6) is 0. The highest BCUT2D eigenvalue weighted by molar-refractivity contribution is 5.45. The molecular weight excluding hydrogens is 275 g/mol. The molecule has 3 rings (SSSR count). The van der Waals surface area contributed by atoms with E-state index in [1.165, 1.54) is 17.0 Å². The molecule has 1 fully saturated rings. The van der Waals surface area contributed by atoms with Crippen molar-refractivity contribution < 1.29 is 17.9 Å². The van der Waals surface area contributed by atoms with Crippen LogP contribution in [0.4, 0.5) is 13.2 Å². The van der Waals surface area contributed by atoms with Crippen molar-refractivity contribution in [1.29, 1.82) is 0 Å². The molecule has 0 radical (unpaired) electrons. The molecule has 0 aromatic carbocycles. The van der Waals surface area contributed by atoms with Gasteiger partial charge < -0.3 is 9.30 Å². The van der Waals surface area contributed by atoms with E-state index in [1.54, 1.807) is 0 Å². The fourth-order valence-electron chi connectivity index (χ4n) is 2.24. The molecule has 2 aromatic heterocycles. The zero-order chi connectivity index (χ0) is 14.5. The van der Waals surface area contributed by atoms with Gasteiger partial charge in [0.2, 0.25) is 0 Å². The Morgan fingerprint density at radius 3 is 2.65 bits per heavy atom. The summed E-state index contributed by atoms with van der Waals surface area (Å²) in [5.41, 5.74) is -1.77. The second-order valence-corrected chi connectivity index (χ2v) is 5.39. The van der Waals surface area contributed by atoms with Crippen LogP contribution >= 0.6 is 0 Å². The van der Waals surface area contributed by atoms with E-state index in [0.29, 0.717) is 19.8 Å². The Morgan fingerprint density at radius 2 is 2.10 bits per heavy atom. The van der Waals surface area contributed by atoms with Gasteiger partial charge in [-0.3, -0.25) is 4.79 Å². The second kappa shape index (κ2) is 4.08. The Balaban J connectivity index is 2.04. The van der Waals surface area contributed by atoms with E-state index in [9.17, 15) is 18.0 Å². The molecule has 0 spiro atoms. The lowest BCUT2D eigenvalue weighted by Crippen LogP contribution is -2.45. The average Bonchev–Trinajstić information content (AvgIpc) is 2.75. The molecule has 2 aromatic rings. The zero-order valence-electron chi connectivity index (χ0n) is 10.6. The normalized spacial score (nSPS) is 18.2. The maximum atomic E-state index is 12.6. The number of fused-ring (bicyclic) bond motifs is 1. The second-order valence-electron chi connectivity index (χ2n) is 5.39. The lowest BCUT2D eigenvalue weighted by molar-refractivity contribution is -0.141. The highest BCUT2D eigenvalue weighted by Crippen LogP contribution is 2.29. The standard InChI is InChI=1S/C12H12F3N3O2/c1-11(6-20-7-11)5-17-2-3-18-8(10(17)19)4-9(16-18)12(13,14)15/h2-4H,5-7H2,1H3. The van der Waals surface area contributed by atoms with Crippen molar-refractivity contribution in [2.75, 3.05) is 13.2 Å². The van der Waals surface area contributed by atoms with Crippen LogP contribution in [0.25, 0.3) is 5.52 Å². The molecule has 1 aliphatic rings. The van der Waals surface area contributed by atoms with Crippen molar-refractivity contribution in [2.24, 2.45) is 5.41 Å². The zero-order valence-corrected chi connectivity index (χ0v) is 10.6. The maximum Gasteiger partial charge on any atom is 0.435 e. The summed E-state index contributed by atoms with van der Waals surface area (Å²) in [6, 6.07) is 0.776. The monoisotopic (exact) mass is 287 g/mol. The Morgan fingerprint density at radius 1 is 1.40 bits per heavy atom. The summed E-state index contributed by atoms with van der Waals surface area (Å²) >= 11 is 0. The van der Waals surface area contributed by atoms with Gasteiger partial charge in [-0.1, -0.05) is 6.92 Å². The molecule has 0 amide bonds. The molecular formula is C12H12F3N3O2. The van der Waals surface area contributed by atoms with Gasteiger partial charge in [0.15, 0.2) is 5.69 Å². The molecule has 0 N–H and O–H groups in total. The molecule has 5 nitrogen and oxygen atoms in total. The number of alkyl halides is 3. The summed E-state index contributed by atoms with van der Waals surface area (Å²) < 4.78 is 45.2. The fourth-order valence-corrected chi connectivity index (χ4v) is 2.24. The topological polar surface area (TPSA) is 48.5 Å². The first-order valence-electron chi connectivity index (χ1n) is 6.02. The maximum absolute atomic E-state index is 12.6. The summed E-state index contributed by atoms with van der Waals surface area (Å²) in [5, 5.41) is 3.37. The van der Waals surface area contributed by atoms with Crippen LogP contribution in [0.2, 0.25) is 0 Å². The van der Waals surface area contributed by atoms with Crippen molar-refractivity contribution in [2.45, 2.75) is 19.6 Å². The highest BCUT2D eigenvalue weighted by atomic mass is 19.4. The van der Waals surface area contributed by atoms with Crippen LogP contribution in [-0.4, -0.2) is 27.4 Å². The number of rotatable bonds is 2. The third-order valence-corrected chi connectivity index (χ3v) is 3.35. The Bertz CT molecular complexity index is 713. The molecule has 1 aliphatic heterocycles. The van der Waals surface area contributed by atoms with Crippen LogP contribution < -0.4 is 5.56 Å². The summed E-state index contributed by atoms with van der Waals surface area (Å²) in [7, 11) is 0. The third-order valence-electron chi connectivity index (χ3n) is 3.35. The summed E-state index contributed by atoms with van der Waals surface area (Å²) in [6.45, 7) is 3.45. The Labute approximate surface area is 111 Å². The predicted octanol–water partition coefficient (Wildman–Crippen LogP) is 1.55. The van der Waals surface area contributed by atoms with Crippen molar-refractivity contribution in [1.82, 2.24) is 14.2 Å². The number of hydrogen-bond donors (Lipinski definition) is 0. The lowest BCUT2D eigenvalue weighted by Gasteiger charge is -2.38. The Kier molecular flexibility index (Phi) is 2.69. The van der Waals surface area contributed by atoms with E-state index in [0.717, 1.165) is 10.6 Å². The van der Waals surface area contributed by atoms with Crippen molar-refractivity contribution in [3.8, 4) is 0 Å². The third kappa shape index (κ3) is 2.09. The summed E-state index contributed by atoms with van der Waals surface area (Å²) in [6.07, 6.45) is -1.75. The first kappa shape index (κ1) is 13.2. The van der Waals surface area contributed by atoms with Crippen molar-refractivity contribution in [3.05, 3.63) is 34.5 Å². The molecule has 0 bridgehead atoms. The highest BCUT2D eigenvalue weighted by Gasteiger charge is 2.36. The van der Waals surface area contributed by atoms with E-state index < -0.39 is 17.4 Å². The van der Waals surface area contributed by atoms with Crippen LogP contribution in [0.1, 0.15) is 12.6 Å². The largest absolute Gasteiger partial charge is 0.435 e. The van der Waals surface area contributed by atoms with Crippen molar-refractivity contribution >= 4 is 5.52 Å². The minimum Gasteiger partial charge on any atom is -0.380 e. The molecule has 1 saturated heterocycles. The first-order valence-corrected chi connectivity index (χ1v) is 6.02. The van der Waals surface area contributed by atoms with Gasteiger partial charge in [0.25, 0.3) is 5.56 Å². The van der Waals surface area contributed by atoms with E-state index in [2.05, 4.69) is 5.10 Å². The van der Waals surface area contributed by atoms with Crippen LogP contribution in [0.15, 0.2) is 23.3 Å². The van der Waals surface area contributed by atoms with Crippen LogP contribution in [0.3, 0.4) is 0 Å². The van der Waals surface area contributed by atoms with Crippen LogP contribution in [-0.2, 0) is 17.5 Å². The van der Waals surface area contributed by atoms with Gasteiger partial charge in [-0.05, 0) is 0 Å². The van der Waals surface area contributed by atoms with E-state index >= 15 is 0 Å². The average molecular weight is 287 g/mol. The molecule has 108 valence electrons. The number of hydrogen-bond acceptors (Lipinski definition) is 3. The smallest absolute Gasteiger partial charge is 0.380 e. The molecule has 0 aliphatic carbocycles. The van der Waals surface area contributed by atoms with Gasteiger partial charge in [-0.25, -0.2) is 4.52 Å². The number of ether oxygens (including phenoxy) is 1. The number of halogens is 3. The van der Waals surface area contributed by atoms with Crippen molar-refractivity contribution in [3.63, 3.8) is 0 Å². The fraction of sp³-hybridized carbons (Fsp3) is 0.500. The van der Waals surface area contributed by atoms with Gasteiger partial charge in [-0.15, -0.1) is 0 Å². The minimum atomic E-state index is -4.56. The minimum absolute atomic E-state index is 0.0799. The molecule has 3 heterocycles. The van der Waals surface area contributed by atoms with E-state index in [1.807, 2.05) is 6.92 Å². The van der Waals surface area contributed by atoms with Gasteiger partial charge in [0.05, 0.1) is 13.2 Å². The van der Waals surface area contributed by atoms with Crippen LogP contribution in [0.5, 0.6) is 0 Å². The quantitative estimate of drug-likeness (QED) is 0.842. The number of aromatic nitrogens is 3. The lowest BCUT2D eigenvalue weighted by atomic mass is 9.88. The summed E-state index contributed by atoms with van der Waals surface area (Å²) in [4.78, 5) is 12.2. The van der Waals surface area contributed by atoms with Gasteiger partial charge in [0, 0.05) is 30.4 Å². The molecule has 0 unspecified atom stereocenters. The van der Waals surface area contributed by atoms with E-state index in [-0.39, 0.29) is 10.9 Å². The number of nitrogens with zero attached hydrogens (tertiary/aromatic N) is 3. The van der Waals surface area contributed by atoms with Gasteiger partial charge in [-0.2, -0.15) is 18.3 Å². The molecule has 0 atom stereocenters. The van der Waals surface area contributed by atoms with E-state index in [4.69, 9.17) is 4.74 Å². The van der Waals surface area contributed by atoms with Gasteiger partial charge in [0.1, 0.15) is 5.52 Å². The predicted molar refractivity (Wildman–Crippen MR) is 63.4 cm³/mol.